The van der Waals surface area contributed by atoms with Gasteiger partial charge in [0.25, 0.3) is 0 Å². The average Bonchev–Trinajstić information content (AvgIpc) is 2.95. The molecule has 8 heteroatoms. The molecule has 1 fully saturated rings. The predicted octanol–water partition coefficient (Wildman–Crippen LogP) is 6.63. The van der Waals surface area contributed by atoms with Gasteiger partial charge >= 0.3 is 5.97 Å². The molecule has 7 nitrogen and oxygen atoms in total. The number of aliphatic carboxylic acids is 1. The number of Topliss-reactive ketones (excluding diaryl/α,β-unsaturated/α-hetero) is 1. The van der Waals surface area contributed by atoms with Gasteiger partial charge in [-0.15, -0.1) is 11.8 Å². The molecular formula is C31H36N4O3S. The molecule has 2 aliphatic rings. The fourth-order valence-electron chi connectivity index (χ4n) is 5.83. The number of thioether (sulfide) groups is 1. The summed E-state index contributed by atoms with van der Waals surface area (Å²) in [5, 5.41) is 19.6. The van der Waals surface area contributed by atoms with Gasteiger partial charge in [-0.1, -0.05) is 52.2 Å². The van der Waals surface area contributed by atoms with Crippen LogP contribution in [0.4, 0.5) is 11.5 Å². The van der Waals surface area contributed by atoms with E-state index in [1.54, 1.807) is 30.4 Å². The molecule has 2 aliphatic carbocycles. The number of fused-ring (bicyclic) bond motifs is 1. The summed E-state index contributed by atoms with van der Waals surface area (Å²) in [4.78, 5) is 35.6. The maximum atomic E-state index is 13.4. The molecule has 0 amide bonds. The average molecular weight is 545 g/mol. The molecule has 0 bridgehead atoms. The normalized spacial score (nSPS) is 18.2. The Morgan fingerprint density at radius 2 is 1.82 bits per heavy atom. The zero-order valence-electron chi connectivity index (χ0n) is 22.8. The van der Waals surface area contributed by atoms with Gasteiger partial charge in [0.2, 0.25) is 0 Å². The van der Waals surface area contributed by atoms with Gasteiger partial charge in [-0.3, -0.25) is 9.78 Å². The van der Waals surface area contributed by atoms with Crippen LogP contribution in [-0.2, 0) is 16.0 Å². The first kappa shape index (κ1) is 27.2. The van der Waals surface area contributed by atoms with E-state index in [0.29, 0.717) is 12.8 Å². The first-order valence-corrected chi connectivity index (χ1v) is 14.7. The van der Waals surface area contributed by atoms with Crippen LogP contribution in [0.3, 0.4) is 0 Å². The summed E-state index contributed by atoms with van der Waals surface area (Å²) in [7, 11) is 0. The first-order valence-electron chi connectivity index (χ1n) is 13.8. The quantitative estimate of drug-likeness (QED) is 0.261. The summed E-state index contributed by atoms with van der Waals surface area (Å²) in [5.41, 5.74) is 0.883. The SMILES string of the molecule is CC[C@@](Cc1ccc(Nc2nccc3ccncc23)cc1)(NC1=C(SC(C)C)C(=O)C12CCCCC2)C(=O)O. The van der Waals surface area contributed by atoms with Gasteiger partial charge in [0.15, 0.2) is 5.78 Å². The lowest BCUT2D eigenvalue weighted by Crippen LogP contribution is -2.60. The highest BCUT2D eigenvalue weighted by molar-refractivity contribution is 8.04. The topological polar surface area (TPSA) is 104 Å². The van der Waals surface area contributed by atoms with Gasteiger partial charge in [0, 0.05) is 47.0 Å². The van der Waals surface area contributed by atoms with E-state index in [0.717, 1.165) is 70.5 Å². The summed E-state index contributed by atoms with van der Waals surface area (Å²) in [6, 6.07) is 11.7. The van der Waals surface area contributed by atoms with E-state index in [9.17, 15) is 14.7 Å². The first-order chi connectivity index (χ1) is 18.8. The Bertz CT molecular complexity index is 1410. The molecule has 1 spiro atoms. The van der Waals surface area contributed by atoms with Crippen molar-refractivity contribution in [3.8, 4) is 0 Å². The number of nitrogens with one attached hydrogen (secondary N) is 2. The zero-order chi connectivity index (χ0) is 27.6. The van der Waals surface area contributed by atoms with Crippen molar-refractivity contribution in [2.24, 2.45) is 5.41 Å². The summed E-state index contributed by atoms with van der Waals surface area (Å²) < 4.78 is 0. The lowest BCUT2D eigenvalue weighted by atomic mass is 9.61. The molecule has 1 aromatic carbocycles. The van der Waals surface area contributed by atoms with E-state index in [2.05, 4.69) is 34.4 Å². The Morgan fingerprint density at radius 3 is 2.49 bits per heavy atom. The van der Waals surface area contributed by atoms with Gasteiger partial charge in [0.1, 0.15) is 11.4 Å². The van der Waals surface area contributed by atoms with Gasteiger partial charge < -0.3 is 15.7 Å². The molecule has 204 valence electrons. The number of rotatable bonds is 10. The molecule has 2 aromatic heterocycles. The van der Waals surface area contributed by atoms with E-state index in [1.807, 2.05) is 43.3 Å². The summed E-state index contributed by atoms with van der Waals surface area (Å²) in [6.45, 7) is 6.04. The highest BCUT2D eigenvalue weighted by Crippen LogP contribution is 2.56. The van der Waals surface area contributed by atoms with Crippen LogP contribution >= 0.6 is 11.8 Å². The minimum atomic E-state index is -1.21. The minimum Gasteiger partial charge on any atom is -0.479 e. The summed E-state index contributed by atoms with van der Waals surface area (Å²) in [6.07, 6.45) is 10.7. The van der Waals surface area contributed by atoms with Crippen LogP contribution in [0, 0.1) is 5.41 Å². The van der Waals surface area contributed by atoms with Crippen LogP contribution in [0.25, 0.3) is 10.8 Å². The van der Waals surface area contributed by atoms with Gasteiger partial charge in [-0.2, -0.15) is 0 Å². The Balaban J connectivity index is 1.40. The van der Waals surface area contributed by atoms with Crippen molar-refractivity contribution in [3.05, 3.63) is 71.2 Å². The van der Waals surface area contributed by atoms with Crippen molar-refractivity contribution < 1.29 is 14.7 Å². The standard InChI is InChI=1S/C31H36N4O3S/c1-4-31(29(37)38,35-26-25(39-20(2)3)27(36)30(26)14-6-5-7-15-30)18-21-8-10-23(11-9-21)34-28-24-19-32-16-12-22(24)13-17-33-28/h8-13,16-17,19-20,35H,4-7,14-15,18H2,1-3H3,(H,33,34)(H,37,38)/t31-/m0/s1. The van der Waals surface area contributed by atoms with Crippen molar-refractivity contribution in [2.75, 3.05) is 5.32 Å². The Morgan fingerprint density at radius 1 is 1.10 bits per heavy atom. The predicted molar refractivity (Wildman–Crippen MR) is 157 cm³/mol. The maximum Gasteiger partial charge on any atom is 0.329 e. The van der Waals surface area contributed by atoms with E-state index in [4.69, 9.17) is 0 Å². The van der Waals surface area contributed by atoms with Gasteiger partial charge in [-0.05, 0) is 54.5 Å². The number of carbonyl (C=O) groups excluding carboxylic acids is 1. The monoisotopic (exact) mass is 544 g/mol. The van der Waals surface area contributed by atoms with Crippen molar-refractivity contribution in [3.63, 3.8) is 0 Å². The molecule has 0 saturated heterocycles. The third-order valence-electron chi connectivity index (χ3n) is 8.07. The van der Waals surface area contributed by atoms with Crippen molar-refractivity contribution >= 4 is 45.8 Å². The van der Waals surface area contributed by atoms with Gasteiger partial charge in [-0.25, -0.2) is 9.78 Å². The van der Waals surface area contributed by atoms with E-state index < -0.39 is 16.9 Å². The molecular weight excluding hydrogens is 508 g/mol. The number of carboxylic acids is 1. The molecule has 0 unspecified atom stereocenters. The summed E-state index contributed by atoms with van der Waals surface area (Å²) in [5.74, 6) is 0.0239. The third-order valence-corrected chi connectivity index (χ3v) is 9.17. The number of carboxylic acid groups (broad SMARTS) is 1. The molecule has 0 aliphatic heterocycles. The van der Waals surface area contributed by atoms with Crippen molar-refractivity contribution in [1.29, 1.82) is 0 Å². The fraction of sp³-hybridized carbons (Fsp3) is 0.419. The van der Waals surface area contributed by atoms with E-state index in [1.165, 1.54) is 0 Å². The molecule has 3 aromatic rings. The van der Waals surface area contributed by atoms with Gasteiger partial charge in [0.05, 0.1) is 10.3 Å². The Hall–Kier alpha value is -3.39. The molecule has 39 heavy (non-hydrogen) atoms. The molecule has 1 saturated carbocycles. The highest BCUT2D eigenvalue weighted by atomic mass is 32.2. The third kappa shape index (κ3) is 5.14. The summed E-state index contributed by atoms with van der Waals surface area (Å²) >= 11 is 1.55. The number of hydrogen-bond acceptors (Lipinski definition) is 7. The number of benzene rings is 1. The van der Waals surface area contributed by atoms with Crippen LogP contribution < -0.4 is 10.6 Å². The number of pyridine rings is 2. The van der Waals surface area contributed by atoms with Crippen LogP contribution in [0.2, 0.25) is 0 Å². The van der Waals surface area contributed by atoms with E-state index >= 15 is 0 Å². The maximum absolute atomic E-state index is 13.4. The van der Waals surface area contributed by atoms with Crippen LogP contribution in [0.1, 0.15) is 64.9 Å². The zero-order valence-corrected chi connectivity index (χ0v) is 23.6. The largest absolute Gasteiger partial charge is 0.479 e. The minimum absolute atomic E-state index is 0.200. The smallest absolute Gasteiger partial charge is 0.329 e. The number of nitrogens with zero attached hydrogens (tertiary/aromatic N) is 2. The molecule has 1 atom stereocenters. The molecule has 5 rings (SSSR count). The number of anilines is 2. The molecule has 2 heterocycles. The Kier molecular flexibility index (Phi) is 7.67. The van der Waals surface area contributed by atoms with Crippen LogP contribution in [-0.4, -0.2) is 37.6 Å². The van der Waals surface area contributed by atoms with Crippen molar-refractivity contribution in [2.45, 2.75) is 76.5 Å². The lowest BCUT2D eigenvalue weighted by molar-refractivity contribution is -0.145. The second-order valence-corrected chi connectivity index (χ2v) is 12.6. The second-order valence-electron chi connectivity index (χ2n) is 11.0. The fourth-order valence-corrected chi connectivity index (χ4v) is 6.97. The van der Waals surface area contributed by atoms with E-state index in [-0.39, 0.29) is 11.0 Å². The number of ketones is 1. The lowest BCUT2D eigenvalue weighted by Gasteiger charge is -2.49. The number of hydrogen-bond donors (Lipinski definition) is 3. The Labute approximate surface area is 233 Å². The highest BCUT2D eigenvalue weighted by Gasteiger charge is 2.56. The number of aromatic nitrogens is 2. The number of carbonyl (C=O) groups is 2. The number of allylic oxidation sites excluding steroid dienone is 2. The van der Waals surface area contributed by atoms with Crippen LogP contribution in [0.15, 0.2) is 65.6 Å². The molecule has 3 N–H and O–H groups in total. The molecule has 0 radical (unpaired) electrons. The van der Waals surface area contributed by atoms with Crippen molar-refractivity contribution in [1.82, 2.24) is 15.3 Å². The second kappa shape index (κ2) is 11.0. The van der Waals surface area contributed by atoms with Crippen LogP contribution in [0.5, 0.6) is 0 Å².